The summed E-state index contributed by atoms with van der Waals surface area (Å²) in [5, 5.41) is 3.42. The first-order chi connectivity index (χ1) is 7.58. The summed E-state index contributed by atoms with van der Waals surface area (Å²) >= 11 is 0. The standard InChI is InChI=1S/C13H22N2O/c1-6-9(2)11(4)15-13-12(16-5)8-7-10(3)14-13/h7-9,11H,6H2,1-5H3,(H,14,15). The molecule has 0 saturated carbocycles. The van der Waals surface area contributed by atoms with E-state index >= 15 is 0 Å². The van der Waals surface area contributed by atoms with Crippen LogP contribution in [0.25, 0.3) is 0 Å². The third-order valence-corrected chi connectivity index (χ3v) is 3.08. The monoisotopic (exact) mass is 222 g/mol. The molecule has 0 aliphatic heterocycles. The van der Waals surface area contributed by atoms with Gasteiger partial charge in [-0.15, -0.1) is 0 Å². The number of rotatable bonds is 5. The second kappa shape index (κ2) is 5.73. The van der Waals surface area contributed by atoms with Gasteiger partial charge in [0, 0.05) is 11.7 Å². The molecule has 0 aromatic carbocycles. The van der Waals surface area contributed by atoms with Gasteiger partial charge in [-0.1, -0.05) is 20.3 Å². The summed E-state index contributed by atoms with van der Waals surface area (Å²) in [5.74, 6) is 2.27. The molecular formula is C13H22N2O. The van der Waals surface area contributed by atoms with Crippen molar-refractivity contribution in [2.45, 2.75) is 40.2 Å². The Balaban J connectivity index is 2.82. The van der Waals surface area contributed by atoms with Gasteiger partial charge in [0.2, 0.25) is 0 Å². The molecule has 0 saturated heterocycles. The summed E-state index contributed by atoms with van der Waals surface area (Å²) in [6, 6.07) is 4.31. The van der Waals surface area contributed by atoms with Crippen molar-refractivity contribution in [3.63, 3.8) is 0 Å². The zero-order chi connectivity index (χ0) is 12.1. The van der Waals surface area contributed by atoms with E-state index in [2.05, 4.69) is 31.1 Å². The van der Waals surface area contributed by atoms with Gasteiger partial charge in [-0.3, -0.25) is 0 Å². The summed E-state index contributed by atoms with van der Waals surface area (Å²) in [4.78, 5) is 4.46. The lowest BCUT2D eigenvalue weighted by Crippen LogP contribution is -2.24. The minimum Gasteiger partial charge on any atom is -0.493 e. The van der Waals surface area contributed by atoms with E-state index in [4.69, 9.17) is 4.74 Å². The van der Waals surface area contributed by atoms with Crippen molar-refractivity contribution in [1.29, 1.82) is 0 Å². The van der Waals surface area contributed by atoms with Gasteiger partial charge in [0.1, 0.15) is 0 Å². The van der Waals surface area contributed by atoms with Crippen LogP contribution in [-0.2, 0) is 0 Å². The lowest BCUT2D eigenvalue weighted by molar-refractivity contribution is 0.412. The molecule has 0 amide bonds. The lowest BCUT2D eigenvalue weighted by atomic mass is 10.0. The number of nitrogens with zero attached hydrogens (tertiary/aromatic N) is 1. The zero-order valence-electron chi connectivity index (χ0n) is 10.9. The number of nitrogens with one attached hydrogen (secondary N) is 1. The van der Waals surface area contributed by atoms with Crippen LogP contribution in [0.4, 0.5) is 5.82 Å². The quantitative estimate of drug-likeness (QED) is 0.830. The van der Waals surface area contributed by atoms with Gasteiger partial charge >= 0.3 is 0 Å². The largest absolute Gasteiger partial charge is 0.493 e. The number of aromatic nitrogens is 1. The molecule has 2 atom stereocenters. The maximum Gasteiger partial charge on any atom is 0.169 e. The first-order valence-electron chi connectivity index (χ1n) is 5.86. The molecule has 90 valence electrons. The van der Waals surface area contributed by atoms with Gasteiger partial charge in [0.15, 0.2) is 11.6 Å². The Kier molecular flexibility index (Phi) is 4.59. The summed E-state index contributed by atoms with van der Waals surface area (Å²) in [7, 11) is 1.67. The topological polar surface area (TPSA) is 34.2 Å². The smallest absolute Gasteiger partial charge is 0.169 e. The van der Waals surface area contributed by atoms with E-state index in [0.717, 1.165) is 23.7 Å². The van der Waals surface area contributed by atoms with Crippen molar-refractivity contribution < 1.29 is 4.74 Å². The fraction of sp³-hybridized carbons (Fsp3) is 0.615. The molecule has 1 heterocycles. The average molecular weight is 222 g/mol. The van der Waals surface area contributed by atoms with Gasteiger partial charge in [-0.2, -0.15) is 0 Å². The van der Waals surface area contributed by atoms with Gasteiger partial charge in [-0.25, -0.2) is 4.98 Å². The fourth-order valence-electron chi connectivity index (χ4n) is 1.52. The molecule has 1 N–H and O–H groups in total. The SMILES string of the molecule is CCC(C)C(C)Nc1nc(C)ccc1OC. The van der Waals surface area contributed by atoms with Crippen LogP contribution in [0.15, 0.2) is 12.1 Å². The average Bonchev–Trinajstić information content (AvgIpc) is 2.28. The normalized spacial score (nSPS) is 14.3. The van der Waals surface area contributed by atoms with Crippen molar-refractivity contribution in [3.05, 3.63) is 17.8 Å². The third kappa shape index (κ3) is 3.12. The van der Waals surface area contributed by atoms with Crippen molar-refractivity contribution in [3.8, 4) is 5.75 Å². The Hall–Kier alpha value is -1.25. The van der Waals surface area contributed by atoms with Crippen molar-refractivity contribution in [2.75, 3.05) is 12.4 Å². The fourth-order valence-corrected chi connectivity index (χ4v) is 1.52. The summed E-state index contributed by atoms with van der Waals surface area (Å²) in [6.07, 6.45) is 1.16. The highest BCUT2D eigenvalue weighted by Crippen LogP contribution is 2.24. The molecule has 1 aromatic rings. The van der Waals surface area contributed by atoms with Crippen LogP contribution < -0.4 is 10.1 Å². The Morgan fingerprint density at radius 3 is 2.62 bits per heavy atom. The summed E-state index contributed by atoms with van der Waals surface area (Å²) in [5.41, 5.74) is 1.000. The second-order valence-electron chi connectivity index (χ2n) is 4.32. The number of aryl methyl sites for hydroxylation is 1. The minimum absolute atomic E-state index is 0.396. The zero-order valence-corrected chi connectivity index (χ0v) is 10.9. The van der Waals surface area contributed by atoms with Crippen molar-refractivity contribution in [2.24, 2.45) is 5.92 Å². The Morgan fingerprint density at radius 1 is 1.38 bits per heavy atom. The predicted molar refractivity (Wildman–Crippen MR) is 68.1 cm³/mol. The molecule has 1 aromatic heterocycles. The first kappa shape index (κ1) is 12.8. The first-order valence-corrected chi connectivity index (χ1v) is 5.86. The van der Waals surface area contributed by atoms with Gasteiger partial charge < -0.3 is 10.1 Å². The number of methoxy groups -OCH3 is 1. The highest BCUT2D eigenvalue weighted by atomic mass is 16.5. The molecule has 3 heteroatoms. The maximum absolute atomic E-state index is 5.29. The van der Waals surface area contributed by atoms with Crippen LogP contribution in [-0.4, -0.2) is 18.1 Å². The molecule has 0 fully saturated rings. The summed E-state index contributed by atoms with van der Waals surface area (Å²) < 4.78 is 5.29. The summed E-state index contributed by atoms with van der Waals surface area (Å²) in [6.45, 7) is 8.60. The van der Waals surface area contributed by atoms with Crippen LogP contribution in [0.1, 0.15) is 32.9 Å². The number of anilines is 1. The predicted octanol–water partition coefficient (Wildman–Crippen LogP) is 3.25. The lowest BCUT2D eigenvalue weighted by Gasteiger charge is -2.21. The van der Waals surface area contributed by atoms with Gasteiger partial charge in [-0.05, 0) is 31.9 Å². The molecule has 0 spiro atoms. The Labute approximate surface area is 98.2 Å². The van der Waals surface area contributed by atoms with Crippen LogP contribution in [0.5, 0.6) is 5.75 Å². The highest BCUT2D eigenvalue weighted by molar-refractivity contribution is 5.51. The van der Waals surface area contributed by atoms with Crippen LogP contribution in [0.3, 0.4) is 0 Å². The molecule has 1 rings (SSSR count). The van der Waals surface area contributed by atoms with Gasteiger partial charge in [0.25, 0.3) is 0 Å². The highest BCUT2D eigenvalue weighted by Gasteiger charge is 2.13. The van der Waals surface area contributed by atoms with E-state index < -0.39 is 0 Å². The van der Waals surface area contributed by atoms with Crippen molar-refractivity contribution in [1.82, 2.24) is 4.98 Å². The Morgan fingerprint density at radius 2 is 2.06 bits per heavy atom. The maximum atomic E-state index is 5.29. The molecule has 2 unspecified atom stereocenters. The van der Waals surface area contributed by atoms with Crippen LogP contribution in [0.2, 0.25) is 0 Å². The minimum atomic E-state index is 0.396. The van der Waals surface area contributed by atoms with Crippen molar-refractivity contribution >= 4 is 5.82 Å². The van der Waals surface area contributed by atoms with E-state index in [1.54, 1.807) is 7.11 Å². The van der Waals surface area contributed by atoms with E-state index in [-0.39, 0.29) is 0 Å². The Bertz CT molecular complexity index is 339. The van der Waals surface area contributed by atoms with Gasteiger partial charge in [0.05, 0.1) is 7.11 Å². The van der Waals surface area contributed by atoms with E-state index in [0.29, 0.717) is 12.0 Å². The van der Waals surface area contributed by atoms with E-state index in [1.807, 2.05) is 19.1 Å². The van der Waals surface area contributed by atoms with E-state index in [1.165, 1.54) is 0 Å². The number of pyridine rings is 1. The molecule has 0 aliphatic rings. The number of ether oxygens (including phenoxy) is 1. The number of hydrogen-bond donors (Lipinski definition) is 1. The van der Waals surface area contributed by atoms with Crippen LogP contribution in [0, 0.1) is 12.8 Å². The van der Waals surface area contributed by atoms with E-state index in [9.17, 15) is 0 Å². The molecule has 0 bridgehead atoms. The molecule has 0 aliphatic carbocycles. The molecule has 0 radical (unpaired) electrons. The number of hydrogen-bond acceptors (Lipinski definition) is 3. The van der Waals surface area contributed by atoms with Crippen LogP contribution >= 0.6 is 0 Å². The molecule has 16 heavy (non-hydrogen) atoms. The molecule has 3 nitrogen and oxygen atoms in total. The third-order valence-electron chi connectivity index (χ3n) is 3.08. The molecular weight excluding hydrogens is 200 g/mol. The second-order valence-corrected chi connectivity index (χ2v) is 4.32.